The van der Waals surface area contributed by atoms with Gasteiger partial charge in [-0.15, -0.1) is 11.3 Å². The number of aliphatic hydroxyl groups is 1. The lowest BCUT2D eigenvalue weighted by Gasteiger charge is -2.13. The zero-order valence-electron chi connectivity index (χ0n) is 11.4. The van der Waals surface area contributed by atoms with Gasteiger partial charge in [-0.2, -0.15) is 0 Å². The number of ether oxygens (including phenoxy) is 2. The van der Waals surface area contributed by atoms with Crippen LogP contribution in [-0.4, -0.2) is 24.3 Å². The van der Waals surface area contributed by atoms with E-state index in [-0.39, 0.29) is 0 Å². The summed E-state index contributed by atoms with van der Waals surface area (Å²) in [4.78, 5) is 4.47. The first kappa shape index (κ1) is 13.8. The molecule has 1 N–H and O–H groups in total. The van der Waals surface area contributed by atoms with Crippen LogP contribution in [0.1, 0.15) is 19.5 Å². The van der Waals surface area contributed by atoms with Crippen LogP contribution in [0.2, 0.25) is 0 Å². The molecule has 0 radical (unpaired) electrons. The van der Waals surface area contributed by atoms with Gasteiger partial charge in [0.2, 0.25) is 0 Å². The molecule has 0 spiro atoms. The molecule has 0 aliphatic rings. The van der Waals surface area contributed by atoms with E-state index >= 15 is 0 Å². The van der Waals surface area contributed by atoms with Crippen LogP contribution >= 0.6 is 11.3 Å². The van der Waals surface area contributed by atoms with E-state index < -0.39 is 5.60 Å². The fourth-order valence-electron chi connectivity index (χ4n) is 1.73. The molecule has 0 bridgehead atoms. The van der Waals surface area contributed by atoms with Gasteiger partial charge in [-0.3, -0.25) is 0 Å². The molecule has 0 fully saturated rings. The number of methoxy groups -OCH3 is 2. The van der Waals surface area contributed by atoms with E-state index in [9.17, 15) is 5.11 Å². The summed E-state index contributed by atoms with van der Waals surface area (Å²) in [6, 6.07) is 5.66. The predicted octanol–water partition coefficient (Wildman–Crippen LogP) is 3.05. The van der Waals surface area contributed by atoms with Gasteiger partial charge in [-0.25, -0.2) is 4.98 Å². The summed E-state index contributed by atoms with van der Waals surface area (Å²) in [7, 11) is 3.21. The lowest BCUT2D eigenvalue weighted by atomic mass is 10.1. The smallest absolute Gasteiger partial charge is 0.170 e. The SMILES string of the molecule is COc1cccc(-c2nc(C(C)(C)O)cs2)c1OC. The van der Waals surface area contributed by atoms with Crippen molar-refractivity contribution in [2.45, 2.75) is 19.4 Å². The van der Waals surface area contributed by atoms with Crippen molar-refractivity contribution < 1.29 is 14.6 Å². The van der Waals surface area contributed by atoms with Crippen LogP contribution in [0, 0.1) is 0 Å². The number of nitrogens with zero attached hydrogens (tertiary/aromatic N) is 1. The van der Waals surface area contributed by atoms with Crippen molar-refractivity contribution in [3.63, 3.8) is 0 Å². The van der Waals surface area contributed by atoms with Crippen molar-refractivity contribution in [1.82, 2.24) is 4.98 Å². The molecule has 0 aliphatic heterocycles. The molecule has 1 aromatic heterocycles. The number of thiazole rings is 1. The first-order valence-corrected chi connectivity index (χ1v) is 6.75. The highest BCUT2D eigenvalue weighted by Gasteiger charge is 2.21. The Labute approximate surface area is 116 Å². The Morgan fingerprint density at radius 2 is 1.95 bits per heavy atom. The van der Waals surface area contributed by atoms with Gasteiger partial charge in [0.25, 0.3) is 0 Å². The highest BCUT2D eigenvalue weighted by Crippen LogP contribution is 2.39. The van der Waals surface area contributed by atoms with E-state index in [2.05, 4.69) is 4.98 Å². The van der Waals surface area contributed by atoms with E-state index in [4.69, 9.17) is 9.47 Å². The molecule has 5 heteroatoms. The number of para-hydroxylation sites is 1. The normalized spacial score (nSPS) is 11.4. The zero-order chi connectivity index (χ0) is 14.0. The summed E-state index contributed by atoms with van der Waals surface area (Å²) in [6.45, 7) is 3.43. The average Bonchev–Trinajstić information content (AvgIpc) is 2.86. The summed E-state index contributed by atoms with van der Waals surface area (Å²) in [5.74, 6) is 1.32. The Bertz CT molecular complexity index is 572. The number of benzene rings is 1. The fourth-order valence-corrected chi connectivity index (χ4v) is 2.74. The number of hydrogen-bond acceptors (Lipinski definition) is 5. The molecule has 0 saturated heterocycles. The third kappa shape index (κ3) is 2.72. The van der Waals surface area contributed by atoms with E-state index in [0.717, 1.165) is 10.6 Å². The van der Waals surface area contributed by atoms with E-state index in [1.165, 1.54) is 11.3 Å². The van der Waals surface area contributed by atoms with Crippen molar-refractivity contribution in [2.75, 3.05) is 14.2 Å². The lowest BCUT2D eigenvalue weighted by molar-refractivity contribution is 0.0746. The van der Waals surface area contributed by atoms with Gasteiger partial charge in [0, 0.05) is 5.38 Å². The Kier molecular flexibility index (Phi) is 3.78. The van der Waals surface area contributed by atoms with Crippen LogP contribution < -0.4 is 9.47 Å². The minimum Gasteiger partial charge on any atom is -0.493 e. The minimum absolute atomic E-state index is 0.650. The molecule has 2 aromatic rings. The van der Waals surface area contributed by atoms with Crippen LogP contribution in [0.4, 0.5) is 0 Å². The lowest BCUT2D eigenvalue weighted by Crippen LogP contribution is -2.15. The Hall–Kier alpha value is -1.59. The second kappa shape index (κ2) is 5.19. The predicted molar refractivity (Wildman–Crippen MR) is 75.9 cm³/mol. The van der Waals surface area contributed by atoms with Crippen LogP contribution in [0.25, 0.3) is 10.6 Å². The van der Waals surface area contributed by atoms with Gasteiger partial charge in [0.15, 0.2) is 11.5 Å². The molecule has 1 aromatic carbocycles. The van der Waals surface area contributed by atoms with Gasteiger partial charge in [-0.05, 0) is 26.0 Å². The van der Waals surface area contributed by atoms with Crippen LogP contribution in [0.5, 0.6) is 11.5 Å². The summed E-state index contributed by atoms with van der Waals surface area (Å²) < 4.78 is 10.7. The maximum absolute atomic E-state index is 9.96. The molecule has 0 aliphatic carbocycles. The third-order valence-electron chi connectivity index (χ3n) is 2.76. The van der Waals surface area contributed by atoms with E-state index in [1.807, 2.05) is 23.6 Å². The number of rotatable bonds is 4. The molecular formula is C14H17NO3S. The molecule has 19 heavy (non-hydrogen) atoms. The second-order valence-electron chi connectivity index (χ2n) is 4.64. The quantitative estimate of drug-likeness (QED) is 0.934. The van der Waals surface area contributed by atoms with Crippen LogP contribution in [0.15, 0.2) is 23.6 Å². The van der Waals surface area contributed by atoms with Crippen LogP contribution in [0.3, 0.4) is 0 Å². The Balaban J connectivity index is 2.50. The van der Waals surface area contributed by atoms with Crippen molar-refractivity contribution in [3.8, 4) is 22.1 Å². The molecule has 1 heterocycles. The maximum Gasteiger partial charge on any atom is 0.170 e. The fraction of sp³-hybridized carbons (Fsp3) is 0.357. The molecule has 2 rings (SSSR count). The van der Waals surface area contributed by atoms with E-state index in [0.29, 0.717) is 17.2 Å². The number of hydrogen-bond donors (Lipinski definition) is 1. The van der Waals surface area contributed by atoms with Gasteiger partial charge in [0.05, 0.1) is 25.5 Å². The molecule has 4 nitrogen and oxygen atoms in total. The van der Waals surface area contributed by atoms with Crippen molar-refractivity contribution in [3.05, 3.63) is 29.3 Å². The molecule has 0 unspecified atom stereocenters. The highest BCUT2D eigenvalue weighted by molar-refractivity contribution is 7.13. The van der Waals surface area contributed by atoms with Gasteiger partial charge in [0.1, 0.15) is 10.6 Å². The Morgan fingerprint density at radius 3 is 2.47 bits per heavy atom. The van der Waals surface area contributed by atoms with Crippen molar-refractivity contribution in [2.24, 2.45) is 0 Å². The van der Waals surface area contributed by atoms with Gasteiger partial charge in [-0.1, -0.05) is 6.07 Å². The Morgan fingerprint density at radius 1 is 1.21 bits per heavy atom. The van der Waals surface area contributed by atoms with Crippen molar-refractivity contribution in [1.29, 1.82) is 0 Å². The molecular weight excluding hydrogens is 262 g/mol. The minimum atomic E-state index is -0.944. The summed E-state index contributed by atoms with van der Waals surface area (Å²) >= 11 is 1.47. The maximum atomic E-state index is 9.96. The number of aromatic nitrogens is 1. The largest absolute Gasteiger partial charge is 0.493 e. The summed E-state index contributed by atoms with van der Waals surface area (Å²) in [5.41, 5.74) is 0.570. The second-order valence-corrected chi connectivity index (χ2v) is 5.50. The van der Waals surface area contributed by atoms with Gasteiger partial charge < -0.3 is 14.6 Å². The molecule has 0 saturated carbocycles. The highest BCUT2D eigenvalue weighted by atomic mass is 32.1. The first-order valence-electron chi connectivity index (χ1n) is 5.87. The molecule has 0 atom stereocenters. The average molecular weight is 279 g/mol. The van der Waals surface area contributed by atoms with E-state index in [1.54, 1.807) is 28.1 Å². The molecule has 102 valence electrons. The molecule has 0 amide bonds. The zero-order valence-corrected chi connectivity index (χ0v) is 12.2. The summed E-state index contributed by atoms with van der Waals surface area (Å²) in [6.07, 6.45) is 0. The first-order chi connectivity index (χ1) is 8.97. The monoisotopic (exact) mass is 279 g/mol. The topological polar surface area (TPSA) is 51.6 Å². The standard InChI is InChI=1S/C14H17NO3S/c1-14(2,16)11-8-19-13(15-11)9-6-5-7-10(17-3)12(9)18-4/h5-8,16H,1-4H3. The van der Waals surface area contributed by atoms with Crippen molar-refractivity contribution >= 4 is 11.3 Å². The van der Waals surface area contributed by atoms with Crippen LogP contribution in [-0.2, 0) is 5.60 Å². The third-order valence-corrected chi connectivity index (χ3v) is 3.64. The van der Waals surface area contributed by atoms with Gasteiger partial charge >= 0.3 is 0 Å². The summed E-state index contributed by atoms with van der Waals surface area (Å²) in [5, 5.41) is 12.6.